The SMILES string of the molecule is CCCCCCCCCCCCCCCCCCCCCC/C=C/C(O)C(COC1OC(CO)C(OC2OC(CO)C(O)C(O)C2O)C(O)C1O)NC(=O)CCCCCCCCCCCCCCCCCCCCCCCCCCCCCCCCCCCCCCC. The molecule has 0 aromatic carbocycles. The summed E-state index contributed by atoms with van der Waals surface area (Å²) in [7, 11) is 0. The highest BCUT2D eigenvalue weighted by Crippen LogP contribution is 2.30. The van der Waals surface area contributed by atoms with E-state index < -0.39 is 86.8 Å². The second kappa shape index (κ2) is 64.1. The highest BCUT2D eigenvalue weighted by Gasteiger charge is 2.51. The van der Waals surface area contributed by atoms with E-state index >= 15 is 0 Å². The Bertz CT molecular complexity index is 1610. The first-order valence-electron chi connectivity index (χ1n) is 40.4. The van der Waals surface area contributed by atoms with Gasteiger partial charge in [0, 0.05) is 6.42 Å². The van der Waals surface area contributed by atoms with Gasteiger partial charge in [0.25, 0.3) is 0 Å². The van der Waals surface area contributed by atoms with Crippen molar-refractivity contribution >= 4 is 5.91 Å². The molecule has 1 amide bonds. The number of nitrogens with one attached hydrogen (secondary N) is 1. The molecule has 12 atom stereocenters. The molecule has 2 saturated heterocycles. The van der Waals surface area contributed by atoms with Crippen LogP contribution in [0.2, 0.25) is 0 Å². The van der Waals surface area contributed by atoms with Crippen LogP contribution in [0, 0.1) is 0 Å². The fourth-order valence-electron chi connectivity index (χ4n) is 13.8. The van der Waals surface area contributed by atoms with Gasteiger partial charge in [0.2, 0.25) is 5.91 Å². The highest BCUT2D eigenvalue weighted by molar-refractivity contribution is 5.76. The number of unbranched alkanes of at least 4 members (excludes halogenated alkanes) is 56. The van der Waals surface area contributed by atoms with Gasteiger partial charge in [-0.05, 0) is 19.3 Å². The third-order valence-electron chi connectivity index (χ3n) is 20.2. The monoisotopic (exact) mass is 1320 g/mol. The summed E-state index contributed by atoms with van der Waals surface area (Å²) in [6, 6.07) is -0.912. The zero-order chi connectivity index (χ0) is 67.3. The van der Waals surface area contributed by atoms with Gasteiger partial charge in [0.1, 0.15) is 48.8 Å². The number of hydrogen-bond acceptors (Lipinski definition) is 13. The molecule has 2 aliphatic rings. The van der Waals surface area contributed by atoms with Crippen molar-refractivity contribution in [1.82, 2.24) is 5.32 Å². The van der Waals surface area contributed by atoms with E-state index in [2.05, 4.69) is 19.2 Å². The molecule has 0 aliphatic carbocycles. The molecule has 0 aromatic heterocycles. The molecule has 2 aliphatic heterocycles. The maximum Gasteiger partial charge on any atom is 0.220 e. The molecule has 2 heterocycles. The lowest BCUT2D eigenvalue weighted by molar-refractivity contribution is -0.359. The predicted molar refractivity (Wildman–Crippen MR) is 383 cm³/mol. The molecular formula is C79H153NO13. The summed E-state index contributed by atoms with van der Waals surface area (Å²) in [6.07, 6.45) is 64.5. The summed E-state index contributed by atoms with van der Waals surface area (Å²) in [5.74, 6) is -0.229. The highest BCUT2D eigenvalue weighted by atomic mass is 16.7. The van der Waals surface area contributed by atoms with Gasteiger partial charge in [-0.2, -0.15) is 0 Å². The Balaban J connectivity index is 1.58. The van der Waals surface area contributed by atoms with Crippen molar-refractivity contribution in [2.75, 3.05) is 19.8 Å². The molecule has 2 fully saturated rings. The summed E-state index contributed by atoms with van der Waals surface area (Å²) in [6.45, 7) is 2.88. The van der Waals surface area contributed by atoms with Crippen LogP contribution in [0.3, 0.4) is 0 Å². The van der Waals surface area contributed by atoms with E-state index in [1.165, 1.54) is 327 Å². The minimum atomic E-state index is -1.79. The molecule has 0 bridgehead atoms. The van der Waals surface area contributed by atoms with Crippen molar-refractivity contribution in [2.24, 2.45) is 0 Å². The second-order valence-electron chi connectivity index (χ2n) is 28.9. The quantitative estimate of drug-likeness (QED) is 0.0204. The molecule has 14 nitrogen and oxygen atoms in total. The second-order valence-corrected chi connectivity index (χ2v) is 28.9. The maximum atomic E-state index is 13.4. The molecule has 12 unspecified atom stereocenters. The Morgan fingerprint density at radius 3 is 0.989 bits per heavy atom. The standard InChI is InChI=1S/C79H153NO13/c1-3-5-7-9-11-13-15-17-19-21-23-25-27-28-29-30-31-32-33-34-35-36-37-38-39-40-41-43-45-47-49-51-53-55-57-59-61-63-71(84)80-67(66-90-78-76(89)74(87)77(70(65-82)92-78)93-79-75(88)73(86)72(85)69(64-81)91-79)68(83)62-60-58-56-54-52-50-48-46-44-42-26-24-22-20-18-16-14-12-10-8-6-4-2/h60,62,67-70,72-79,81-83,85-89H,3-59,61,63-66H2,1-2H3,(H,80,84)/b62-60+. The zero-order valence-electron chi connectivity index (χ0n) is 60.5. The van der Waals surface area contributed by atoms with Gasteiger partial charge in [-0.1, -0.05) is 379 Å². The third-order valence-corrected chi connectivity index (χ3v) is 20.2. The summed E-state index contributed by atoms with van der Waals surface area (Å²) in [5.41, 5.74) is 0. The molecule has 9 N–H and O–H groups in total. The van der Waals surface area contributed by atoms with Crippen LogP contribution in [0.15, 0.2) is 12.2 Å². The van der Waals surface area contributed by atoms with Gasteiger partial charge in [0.05, 0.1) is 32.0 Å². The summed E-state index contributed by atoms with van der Waals surface area (Å²) < 4.78 is 22.9. The maximum absolute atomic E-state index is 13.4. The van der Waals surface area contributed by atoms with E-state index in [1.807, 2.05) is 6.08 Å². The third kappa shape index (κ3) is 47.4. The normalized spacial score (nSPS) is 22.5. The molecule has 14 heteroatoms. The molecule has 0 radical (unpaired) electrons. The number of carbonyl (C=O) groups is 1. The Morgan fingerprint density at radius 1 is 0.376 bits per heavy atom. The van der Waals surface area contributed by atoms with E-state index in [9.17, 15) is 45.6 Å². The van der Waals surface area contributed by atoms with E-state index in [1.54, 1.807) is 6.08 Å². The van der Waals surface area contributed by atoms with Crippen LogP contribution < -0.4 is 5.32 Å². The molecular weight excluding hydrogens is 1170 g/mol. The van der Waals surface area contributed by atoms with Gasteiger partial charge in [-0.25, -0.2) is 0 Å². The minimum Gasteiger partial charge on any atom is -0.394 e. The van der Waals surface area contributed by atoms with Crippen LogP contribution in [-0.4, -0.2) is 140 Å². The first-order chi connectivity index (χ1) is 45.6. The van der Waals surface area contributed by atoms with Crippen molar-refractivity contribution in [3.63, 3.8) is 0 Å². The van der Waals surface area contributed by atoms with Crippen LogP contribution in [0.5, 0.6) is 0 Å². The van der Waals surface area contributed by atoms with E-state index in [4.69, 9.17) is 18.9 Å². The van der Waals surface area contributed by atoms with Crippen molar-refractivity contribution in [3.8, 4) is 0 Å². The van der Waals surface area contributed by atoms with Crippen molar-refractivity contribution in [3.05, 3.63) is 12.2 Å². The van der Waals surface area contributed by atoms with Gasteiger partial charge in [-0.3, -0.25) is 4.79 Å². The number of carbonyl (C=O) groups excluding carboxylic acids is 1. The van der Waals surface area contributed by atoms with E-state index in [-0.39, 0.29) is 18.9 Å². The Kier molecular flexibility index (Phi) is 60.6. The topological polar surface area (TPSA) is 228 Å². The molecule has 0 aromatic rings. The number of aliphatic hydroxyl groups excluding tert-OH is 8. The molecule has 2 rings (SSSR count). The van der Waals surface area contributed by atoms with Crippen LogP contribution in [0.1, 0.15) is 393 Å². The predicted octanol–water partition coefficient (Wildman–Crippen LogP) is 18.1. The van der Waals surface area contributed by atoms with Crippen LogP contribution in [0.25, 0.3) is 0 Å². The Labute approximate surface area is 571 Å². The fraction of sp³-hybridized carbons (Fsp3) is 0.962. The summed E-state index contributed by atoms with van der Waals surface area (Å²) in [5, 5.41) is 87.6. The fourth-order valence-corrected chi connectivity index (χ4v) is 13.8. The smallest absolute Gasteiger partial charge is 0.220 e. The van der Waals surface area contributed by atoms with Gasteiger partial charge < -0.3 is 65.1 Å². The van der Waals surface area contributed by atoms with E-state index in [0.29, 0.717) is 0 Å². The molecule has 552 valence electrons. The lowest BCUT2D eigenvalue weighted by Crippen LogP contribution is -2.65. The van der Waals surface area contributed by atoms with Crippen molar-refractivity contribution in [1.29, 1.82) is 0 Å². The molecule has 93 heavy (non-hydrogen) atoms. The minimum absolute atomic E-state index is 0.229. The largest absolute Gasteiger partial charge is 0.394 e. The molecule has 0 saturated carbocycles. The number of hydrogen-bond donors (Lipinski definition) is 9. The Hall–Kier alpha value is -1.27. The van der Waals surface area contributed by atoms with Crippen molar-refractivity contribution < 1.29 is 64.6 Å². The molecule has 0 spiro atoms. The van der Waals surface area contributed by atoms with Gasteiger partial charge in [0.15, 0.2) is 12.6 Å². The number of allylic oxidation sites excluding steroid dienone is 1. The lowest BCUT2D eigenvalue weighted by Gasteiger charge is -2.46. The number of amides is 1. The Morgan fingerprint density at radius 2 is 0.667 bits per heavy atom. The summed E-state index contributed by atoms with van der Waals surface area (Å²) >= 11 is 0. The number of aliphatic hydroxyl groups is 8. The first kappa shape index (κ1) is 87.8. The van der Waals surface area contributed by atoms with Gasteiger partial charge in [-0.15, -0.1) is 0 Å². The summed E-state index contributed by atoms with van der Waals surface area (Å²) in [4.78, 5) is 13.4. The first-order valence-corrected chi connectivity index (χ1v) is 40.4. The van der Waals surface area contributed by atoms with Crippen LogP contribution in [-0.2, 0) is 23.7 Å². The van der Waals surface area contributed by atoms with Gasteiger partial charge >= 0.3 is 0 Å². The average Bonchev–Trinajstić information content (AvgIpc) is 0.842. The zero-order valence-corrected chi connectivity index (χ0v) is 60.5. The van der Waals surface area contributed by atoms with Crippen molar-refractivity contribution in [2.45, 2.75) is 466 Å². The van der Waals surface area contributed by atoms with Crippen LogP contribution in [0.4, 0.5) is 0 Å². The number of rotatable bonds is 69. The van der Waals surface area contributed by atoms with Crippen LogP contribution >= 0.6 is 0 Å². The average molecular weight is 1330 g/mol. The number of ether oxygens (including phenoxy) is 4. The van der Waals surface area contributed by atoms with E-state index in [0.717, 1.165) is 44.9 Å². The lowest BCUT2D eigenvalue weighted by atomic mass is 9.97.